The lowest BCUT2D eigenvalue weighted by Crippen LogP contribution is -2.51. The van der Waals surface area contributed by atoms with Crippen molar-refractivity contribution in [3.63, 3.8) is 0 Å². The molecule has 1 aliphatic rings. The largest absolute Gasteiger partial charge is 0.480 e. The highest BCUT2D eigenvalue weighted by Gasteiger charge is 2.24. The molecule has 1 amide bonds. The Morgan fingerprint density at radius 1 is 1.53 bits per heavy atom. The molecule has 0 aliphatic carbocycles. The van der Waals surface area contributed by atoms with E-state index in [1.807, 2.05) is 0 Å². The maximum Gasteiger partial charge on any atom is 0.326 e. The molecule has 5 nitrogen and oxygen atoms in total. The van der Waals surface area contributed by atoms with E-state index in [9.17, 15) is 9.59 Å². The fourth-order valence-corrected chi connectivity index (χ4v) is 1.69. The molecule has 1 saturated heterocycles. The van der Waals surface area contributed by atoms with Crippen LogP contribution in [0.3, 0.4) is 0 Å². The lowest BCUT2D eigenvalue weighted by Gasteiger charge is -2.24. The summed E-state index contributed by atoms with van der Waals surface area (Å²) in [5.74, 6) is -1.16. The normalized spacial score (nSPS) is 23.1. The zero-order chi connectivity index (χ0) is 11.3. The highest BCUT2D eigenvalue weighted by Crippen LogP contribution is 2.07. The van der Waals surface area contributed by atoms with E-state index in [-0.39, 0.29) is 11.9 Å². The van der Waals surface area contributed by atoms with Crippen LogP contribution in [-0.2, 0) is 9.59 Å². The molecule has 0 radical (unpaired) electrons. The number of carbonyl (C=O) groups is 2. The van der Waals surface area contributed by atoms with Crippen LogP contribution in [0.15, 0.2) is 0 Å². The molecule has 1 aliphatic heterocycles. The van der Waals surface area contributed by atoms with E-state index in [2.05, 4.69) is 10.6 Å². The van der Waals surface area contributed by atoms with Crippen LogP contribution in [0.25, 0.3) is 0 Å². The summed E-state index contributed by atoms with van der Waals surface area (Å²) in [5.41, 5.74) is 0. The van der Waals surface area contributed by atoms with Gasteiger partial charge in [0.1, 0.15) is 6.04 Å². The minimum Gasteiger partial charge on any atom is -0.480 e. The SMILES string of the molecule is CC[C@H](NC(=O)[C@H]1CCCCN1)C(=O)O. The van der Waals surface area contributed by atoms with Crippen molar-refractivity contribution in [1.29, 1.82) is 0 Å². The van der Waals surface area contributed by atoms with Crippen molar-refractivity contribution in [2.75, 3.05) is 6.54 Å². The topological polar surface area (TPSA) is 78.4 Å². The van der Waals surface area contributed by atoms with E-state index in [1.165, 1.54) is 0 Å². The van der Waals surface area contributed by atoms with E-state index in [4.69, 9.17) is 5.11 Å². The van der Waals surface area contributed by atoms with E-state index in [0.717, 1.165) is 25.8 Å². The van der Waals surface area contributed by atoms with Gasteiger partial charge in [-0.3, -0.25) is 4.79 Å². The summed E-state index contributed by atoms with van der Waals surface area (Å²) in [6.45, 7) is 2.58. The van der Waals surface area contributed by atoms with Crippen molar-refractivity contribution in [2.45, 2.75) is 44.7 Å². The van der Waals surface area contributed by atoms with Gasteiger partial charge in [0, 0.05) is 0 Å². The number of nitrogens with one attached hydrogen (secondary N) is 2. The minimum absolute atomic E-state index is 0.191. The zero-order valence-electron chi connectivity index (χ0n) is 8.95. The van der Waals surface area contributed by atoms with Crippen molar-refractivity contribution in [1.82, 2.24) is 10.6 Å². The Balaban J connectivity index is 2.42. The van der Waals surface area contributed by atoms with Gasteiger partial charge >= 0.3 is 5.97 Å². The van der Waals surface area contributed by atoms with Gasteiger partial charge in [0.05, 0.1) is 6.04 Å². The van der Waals surface area contributed by atoms with Crippen molar-refractivity contribution < 1.29 is 14.7 Å². The number of rotatable bonds is 4. The molecule has 5 heteroatoms. The maximum absolute atomic E-state index is 11.6. The van der Waals surface area contributed by atoms with Gasteiger partial charge in [0.15, 0.2) is 0 Å². The van der Waals surface area contributed by atoms with Crippen LogP contribution in [0.2, 0.25) is 0 Å². The fraction of sp³-hybridized carbons (Fsp3) is 0.800. The molecule has 1 fully saturated rings. The molecular formula is C10H18N2O3. The number of aliphatic carboxylic acids is 1. The lowest BCUT2D eigenvalue weighted by atomic mass is 10.0. The lowest BCUT2D eigenvalue weighted by molar-refractivity contribution is -0.142. The molecule has 2 atom stereocenters. The molecule has 0 aromatic heterocycles. The van der Waals surface area contributed by atoms with Crippen LogP contribution in [0.1, 0.15) is 32.6 Å². The van der Waals surface area contributed by atoms with Gasteiger partial charge in [-0.2, -0.15) is 0 Å². The fourth-order valence-electron chi connectivity index (χ4n) is 1.69. The third-order valence-electron chi connectivity index (χ3n) is 2.65. The van der Waals surface area contributed by atoms with Crippen LogP contribution < -0.4 is 10.6 Å². The van der Waals surface area contributed by atoms with Gasteiger partial charge in [-0.25, -0.2) is 4.79 Å². The monoisotopic (exact) mass is 214 g/mol. The van der Waals surface area contributed by atoms with Crippen LogP contribution in [0, 0.1) is 0 Å². The summed E-state index contributed by atoms with van der Waals surface area (Å²) in [6, 6.07) is -0.978. The standard InChI is InChI=1S/C10H18N2O3/c1-2-7(10(14)15)12-9(13)8-5-3-4-6-11-8/h7-8,11H,2-6H2,1H3,(H,12,13)(H,14,15)/t7-,8+/m0/s1. The molecule has 0 saturated carbocycles. The summed E-state index contributed by atoms with van der Waals surface area (Å²) in [6.07, 6.45) is 3.31. The first-order valence-electron chi connectivity index (χ1n) is 5.41. The Morgan fingerprint density at radius 2 is 2.27 bits per heavy atom. The summed E-state index contributed by atoms with van der Waals surface area (Å²) < 4.78 is 0. The van der Waals surface area contributed by atoms with Gasteiger partial charge in [0.25, 0.3) is 0 Å². The minimum atomic E-state index is -0.971. The number of hydrogen-bond donors (Lipinski definition) is 3. The van der Waals surface area contributed by atoms with E-state index < -0.39 is 12.0 Å². The summed E-state index contributed by atoms with van der Waals surface area (Å²) >= 11 is 0. The Hall–Kier alpha value is -1.10. The van der Waals surface area contributed by atoms with Crippen molar-refractivity contribution in [3.05, 3.63) is 0 Å². The first-order valence-corrected chi connectivity index (χ1v) is 5.41. The Labute approximate surface area is 89.2 Å². The first-order chi connectivity index (χ1) is 7.15. The molecule has 0 unspecified atom stereocenters. The van der Waals surface area contributed by atoms with Gasteiger partial charge in [-0.1, -0.05) is 13.3 Å². The predicted molar refractivity (Wildman–Crippen MR) is 55.5 cm³/mol. The molecule has 86 valence electrons. The van der Waals surface area contributed by atoms with Crippen LogP contribution in [0.5, 0.6) is 0 Å². The van der Waals surface area contributed by atoms with E-state index in [1.54, 1.807) is 6.92 Å². The average Bonchev–Trinajstić information content (AvgIpc) is 2.26. The number of carbonyl (C=O) groups excluding carboxylic acids is 1. The third-order valence-corrected chi connectivity index (χ3v) is 2.65. The van der Waals surface area contributed by atoms with Crippen molar-refractivity contribution in [2.24, 2.45) is 0 Å². The number of carboxylic acids is 1. The highest BCUT2D eigenvalue weighted by molar-refractivity contribution is 5.86. The molecule has 3 N–H and O–H groups in total. The third kappa shape index (κ3) is 3.51. The number of hydrogen-bond acceptors (Lipinski definition) is 3. The second-order valence-electron chi connectivity index (χ2n) is 3.81. The zero-order valence-corrected chi connectivity index (χ0v) is 8.95. The second kappa shape index (κ2) is 5.70. The molecule has 0 bridgehead atoms. The first kappa shape index (κ1) is 12.0. The smallest absolute Gasteiger partial charge is 0.326 e. The van der Waals surface area contributed by atoms with Crippen molar-refractivity contribution in [3.8, 4) is 0 Å². The van der Waals surface area contributed by atoms with E-state index >= 15 is 0 Å². The summed E-state index contributed by atoms with van der Waals surface area (Å²) in [5, 5.41) is 14.4. The molecule has 1 rings (SSSR count). The maximum atomic E-state index is 11.6. The van der Waals surface area contributed by atoms with Crippen LogP contribution in [-0.4, -0.2) is 35.6 Å². The highest BCUT2D eigenvalue weighted by atomic mass is 16.4. The van der Waals surface area contributed by atoms with Crippen molar-refractivity contribution >= 4 is 11.9 Å². The summed E-state index contributed by atoms with van der Waals surface area (Å²) in [4.78, 5) is 22.3. The summed E-state index contributed by atoms with van der Waals surface area (Å²) in [7, 11) is 0. The Bertz CT molecular complexity index is 237. The number of piperidine rings is 1. The molecule has 0 spiro atoms. The van der Waals surface area contributed by atoms with E-state index in [0.29, 0.717) is 6.42 Å². The van der Waals surface area contributed by atoms with Gasteiger partial charge in [-0.05, 0) is 25.8 Å². The molecule has 1 heterocycles. The van der Waals surface area contributed by atoms with Gasteiger partial charge in [-0.15, -0.1) is 0 Å². The second-order valence-corrected chi connectivity index (χ2v) is 3.81. The Kier molecular flexibility index (Phi) is 4.55. The molecular weight excluding hydrogens is 196 g/mol. The predicted octanol–water partition coefficient (Wildman–Crippen LogP) is 0.108. The molecule has 15 heavy (non-hydrogen) atoms. The molecule has 0 aromatic carbocycles. The van der Waals surface area contributed by atoms with Crippen LogP contribution >= 0.6 is 0 Å². The quantitative estimate of drug-likeness (QED) is 0.620. The number of amides is 1. The Morgan fingerprint density at radius 3 is 2.73 bits per heavy atom. The van der Waals surface area contributed by atoms with Gasteiger partial charge in [0.2, 0.25) is 5.91 Å². The number of carboxylic acid groups (broad SMARTS) is 1. The van der Waals surface area contributed by atoms with Crippen LogP contribution in [0.4, 0.5) is 0 Å². The van der Waals surface area contributed by atoms with Gasteiger partial charge < -0.3 is 15.7 Å². The average molecular weight is 214 g/mol. The molecule has 0 aromatic rings.